The third kappa shape index (κ3) is 2.75. The van der Waals surface area contributed by atoms with Crippen LogP contribution in [0.1, 0.15) is 5.56 Å². The van der Waals surface area contributed by atoms with Gasteiger partial charge in [-0.1, -0.05) is 0 Å². The molecule has 2 N–H and O–H groups in total. The third-order valence-corrected chi connectivity index (χ3v) is 2.80. The van der Waals surface area contributed by atoms with Gasteiger partial charge in [-0.05, 0) is 24.1 Å². The fraction of sp³-hybridized carbons (Fsp3) is 0.545. The number of rotatable bonds is 3. The minimum atomic E-state index is -0.581. The lowest BCUT2D eigenvalue weighted by molar-refractivity contribution is 0.0572. The molecule has 0 spiro atoms. The zero-order valence-electron chi connectivity index (χ0n) is 8.58. The van der Waals surface area contributed by atoms with Gasteiger partial charge < -0.3 is 10.2 Å². The highest BCUT2D eigenvalue weighted by atomic mass is 16.3. The summed E-state index contributed by atoms with van der Waals surface area (Å²) in [7, 11) is 0. The second kappa shape index (κ2) is 4.70. The van der Waals surface area contributed by atoms with Crippen LogP contribution in [-0.4, -0.2) is 51.9 Å². The topological polar surface area (TPSA) is 56.6 Å². The smallest absolute Gasteiger partial charge is 0.0938 e. The van der Waals surface area contributed by atoms with Crippen molar-refractivity contribution < 1.29 is 10.2 Å². The van der Waals surface area contributed by atoms with Gasteiger partial charge in [-0.3, -0.25) is 9.88 Å². The zero-order chi connectivity index (χ0) is 10.7. The maximum atomic E-state index is 9.36. The van der Waals surface area contributed by atoms with Crippen molar-refractivity contribution in [2.75, 3.05) is 19.6 Å². The monoisotopic (exact) mass is 208 g/mol. The predicted molar refractivity (Wildman–Crippen MR) is 56.4 cm³/mol. The fourth-order valence-electron chi connectivity index (χ4n) is 1.87. The summed E-state index contributed by atoms with van der Waals surface area (Å²) in [5, 5.41) is 18.7. The van der Waals surface area contributed by atoms with E-state index in [1.807, 2.05) is 12.1 Å². The van der Waals surface area contributed by atoms with Crippen molar-refractivity contribution in [3.8, 4) is 0 Å². The molecule has 1 aromatic rings. The average molecular weight is 208 g/mol. The van der Waals surface area contributed by atoms with E-state index in [9.17, 15) is 10.2 Å². The van der Waals surface area contributed by atoms with E-state index in [4.69, 9.17) is 0 Å². The lowest BCUT2D eigenvalue weighted by Gasteiger charge is -2.13. The first-order chi connectivity index (χ1) is 7.25. The van der Waals surface area contributed by atoms with E-state index in [0.717, 1.165) is 13.0 Å². The summed E-state index contributed by atoms with van der Waals surface area (Å²) in [5.41, 5.74) is 1.24. The lowest BCUT2D eigenvalue weighted by atomic mass is 10.2. The van der Waals surface area contributed by atoms with E-state index in [1.165, 1.54) is 5.56 Å². The standard InChI is InChI=1S/C11H16N2O2/c14-10-7-13(8-11(10)15)6-3-9-1-4-12-5-2-9/h1-2,4-5,10-11,14-15H,3,6-8H2/t10-,11+. The van der Waals surface area contributed by atoms with E-state index in [-0.39, 0.29) is 0 Å². The van der Waals surface area contributed by atoms with Crippen LogP contribution in [0.25, 0.3) is 0 Å². The number of likely N-dealkylation sites (tertiary alicyclic amines) is 1. The summed E-state index contributed by atoms with van der Waals surface area (Å²) in [6.45, 7) is 2.02. The fourth-order valence-corrected chi connectivity index (χ4v) is 1.87. The van der Waals surface area contributed by atoms with Crippen LogP contribution in [-0.2, 0) is 6.42 Å². The van der Waals surface area contributed by atoms with Crippen molar-refractivity contribution >= 4 is 0 Å². The Bertz CT molecular complexity index is 295. The first-order valence-electron chi connectivity index (χ1n) is 5.23. The molecule has 4 nitrogen and oxygen atoms in total. The van der Waals surface area contributed by atoms with E-state index in [1.54, 1.807) is 12.4 Å². The molecule has 1 aliphatic heterocycles. The molecule has 0 radical (unpaired) electrons. The Labute approximate surface area is 89.2 Å². The summed E-state index contributed by atoms with van der Waals surface area (Å²) >= 11 is 0. The molecule has 0 amide bonds. The molecule has 82 valence electrons. The molecular weight excluding hydrogens is 192 g/mol. The lowest BCUT2D eigenvalue weighted by Crippen LogP contribution is -2.24. The van der Waals surface area contributed by atoms with Gasteiger partial charge in [0.05, 0.1) is 12.2 Å². The summed E-state index contributed by atoms with van der Waals surface area (Å²) in [5.74, 6) is 0. The summed E-state index contributed by atoms with van der Waals surface area (Å²) in [6.07, 6.45) is 3.33. The Hall–Kier alpha value is -0.970. The minimum absolute atomic E-state index is 0.576. The van der Waals surface area contributed by atoms with Gasteiger partial charge in [-0.15, -0.1) is 0 Å². The van der Waals surface area contributed by atoms with Gasteiger partial charge in [0, 0.05) is 32.0 Å². The van der Waals surface area contributed by atoms with Crippen LogP contribution in [0.5, 0.6) is 0 Å². The van der Waals surface area contributed by atoms with Crippen LogP contribution >= 0.6 is 0 Å². The number of nitrogens with zero attached hydrogens (tertiary/aromatic N) is 2. The van der Waals surface area contributed by atoms with Crippen LogP contribution < -0.4 is 0 Å². The number of pyridine rings is 1. The van der Waals surface area contributed by atoms with Gasteiger partial charge in [0.1, 0.15) is 0 Å². The second-order valence-corrected chi connectivity index (χ2v) is 4.00. The molecule has 15 heavy (non-hydrogen) atoms. The van der Waals surface area contributed by atoms with Gasteiger partial charge in [0.15, 0.2) is 0 Å². The molecule has 0 saturated carbocycles. The maximum Gasteiger partial charge on any atom is 0.0938 e. The van der Waals surface area contributed by atoms with Crippen molar-refractivity contribution in [1.82, 2.24) is 9.88 Å². The second-order valence-electron chi connectivity index (χ2n) is 4.00. The first kappa shape index (κ1) is 10.5. The Morgan fingerprint density at radius 1 is 1.20 bits per heavy atom. The Balaban J connectivity index is 1.80. The largest absolute Gasteiger partial charge is 0.389 e. The predicted octanol–water partition coefficient (Wildman–Crippen LogP) is -0.339. The Morgan fingerprint density at radius 2 is 1.80 bits per heavy atom. The molecular formula is C11H16N2O2. The van der Waals surface area contributed by atoms with Crippen LogP contribution in [0.15, 0.2) is 24.5 Å². The quantitative estimate of drug-likeness (QED) is 0.713. The molecule has 2 atom stereocenters. The number of hydrogen-bond acceptors (Lipinski definition) is 4. The molecule has 0 aliphatic carbocycles. The molecule has 1 aromatic heterocycles. The SMILES string of the molecule is O[C@@H]1CN(CCc2ccncc2)C[C@@H]1O. The molecule has 1 saturated heterocycles. The van der Waals surface area contributed by atoms with Gasteiger partial charge in [-0.25, -0.2) is 0 Å². The van der Waals surface area contributed by atoms with Gasteiger partial charge in [0.25, 0.3) is 0 Å². The molecule has 1 aliphatic rings. The molecule has 0 unspecified atom stereocenters. The van der Waals surface area contributed by atoms with E-state index in [2.05, 4.69) is 9.88 Å². The number of hydrogen-bond donors (Lipinski definition) is 2. The first-order valence-corrected chi connectivity index (χ1v) is 5.23. The summed E-state index contributed by atoms with van der Waals surface area (Å²) < 4.78 is 0. The number of aliphatic hydroxyl groups is 2. The van der Waals surface area contributed by atoms with E-state index < -0.39 is 12.2 Å². The van der Waals surface area contributed by atoms with E-state index >= 15 is 0 Å². The maximum absolute atomic E-state index is 9.36. The van der Waals surface area contributed by atoms with Crippen molar-refractivity contribution in [3.63, 3.8) is 0 Å². The number of aromatic nitrogens is 1. The molecule has 2 heterocycles. The molecule has 1 fully saturated rings. The highest BCUT2D eigenvalue weighted by molar-refractivity contribution is 5.10. The Kier molecular flexibility index (Phi) is 3.30. The van der Waals surface area contributed by atoms with Crippen molar-refractivity contribution in [2.45, 2.75) is 18.6 Å². The van der Waals surface area contributed by atoms with Crippen LogP contribution in [0.2, 0.25) is 0 Å². The van der Waals surface area contributed by atoms with Crippen molar-refractivity contribution in [3.05, 3.63) is 30.1 Å². The minimum Gasteiger partial charge on any atom is -0.389 e. The number of aliphatic hydroxyl groups excluding tert-OH is 2. The molecule has 2 rings (SSSR count). The summed E-state index contributed by atoms with van der Waals surface area (Å²) in [6, 6.07) is 3.98. The van der Waals surface area contributed by atoms with Crippen LogP contribution in [0.4, 0.5) is 0 Å². The van der Waals surface area contributed by atoms with Gasteiger partial charge in [0.2, 0.25) is 0 Å². The van der Waals surface area contributed by atoms with Gasteiger partial charge in [-0.2, -0.15) is 0 Å². The zero-order valence-corrected chi connectivity index (χ0v) is 8.58. The molecule has 0 bridgehead atoms. The van der Waals surface area contributed by atoms with Crippen molar-refractivity contribution in [2.24, 2.45) is 0 Å². The average Bonchev–Trinajstić information content (AvgIpc) is 2.57. The summed E-state index contributed by atoms with van der Waals surface area (Å²) in [4.78, 5) is 6.03. The van der Waals surface area contributed by atoms with E-state index in [0.29, 0.717) is 13.1 Å². The molecule has 4 heteroatoms. The van der Waals surface area contributed by atoms with Crippen molar-refractivity contribution in [1.29, 1.82) is 0 Å². The normalized spacial score (nSPS) is 27.1. The third-order valence-electron chi connectivity index (χ3n) is 2.80. The highest BCUT2D eigenvalue weighted by Gasteiger charge is 2.28. The van der Waals surface area contributed by atoms with Gasteiger partial charge >= 0.3 is 0 Å². The van der Waals surface area contributed by atoms with Crippen LogP contribution in [0, 0.1) is 0 Å². The Morgan fingerprint density at radius 3 is 2.40 bits per heavy atom. The van der Waals surface area contributed by atoms with Crippen LogP contribution in [0.3, 0.4) is 0 Å². The number of β-amino-alcohol motifs (C(OH)–C–C–N with tert-alkyl or cyclic N) is 2. The molecule has 0 aromatic carbocycles. The highest BCUT2D eigenvalue weighted by Crippen LogP contribution is 2.10.